The van der Waals surface area contributed by atoms with E-state index in [9.17, 15) is 4.79 Å². The van der Waals surface area contributed by atoms with Crippen LogP contribution in [0.2, 0.25) is 0 Å². The summed E-state index contributed by atoms with van der Waals surface area (Å²) >= 11 is 1.45. The first-order valence-electron chi connectivity index (χ1n) is 6.26. The minimum Gasteiger partial charge on any atom is -0.351 e. The van der Waals surface area contributed by atoms with Gasteiger partial charge in [0.05, 0.1) is 16.4 Å². The van der Waals surface area contributed by atoms with Crippen molar-refractivity contribution >= 4 is 32.6 Å². The standard InChI is InChI=1S/C14H13N3O2S/c1-8(2)9-3-4-10-12(7-9)20-14(16-10)17-13(18)11-5-6-15-19-11/h3-8H,1-2H3,(H,16,17,18). The molecule has 0 radical (unpaired) electrons. The Morgan fingerprint density at radius 2 is 2.20 bits per heavy atom. The summed E-state index contributed by atoms with van der Waals surface area (Å²) < 4.78 is 5.87. The minimum atomic E-state index is -0.342. The summed E-state index contributed by atoms with van der Waals surface area (Å²) in [6, 6.07) is 7.67. The number of fused-ring (bicyclic) bond motifs is 1. The van der Waals surface area contributed by atoms with Crippen LogP contribution in [0.1, 0.15) is 35.9 Å². The molecular formula is C14H13N3O2S. The van der Waals surface area contributed by atoms with Crippen molar-refractivity contribution < 1.29 is 9.32 Å². The van der Waals surface area contributed by atoms with Gasteiger partial charge in [0.15, 0.2) is 5.13 Å². The van der Waals surface area contributed by atoms with E-state index in [0.717, 1.165) is 10.2 Å². The minimum absolute atomic E-state index is 0.173. The van der Waals surface area contributed by atoms with E-state index >= 15 is 0 Å². The lowest BCUT2D eigenvalue weighted by molar-refractivity contribution is 0.0988. The molecule has 0 saturated heterocycles. The molecule has 1 amide bonds. The third-order valence-corrected chi connectivity index (χ3v) is 3.89. The van der Waals surface area contributed by atoms with Gasteiger partial charge in [-0.1, -0.05) is 36.4 Å². The van der Waals surface area contributed by atoms with Gasteiger partial charge in [0.2, 0.25) is 5.76 Å². The molecule has 0 saturated carbocycles. The molecule has 1 aromatic carbocycles. The third kappa shape index (κ3) is 2.42. The number of nitrogens with one attached hydrogen (secondary N) is 1. The molecule has 0 aliphatic heterocycles. The Bertz CT molecular complexity index is 747. The summed E-state index contributed by atoms with van der Waals surface area (Å²) in [6.07, 6.45) is 1.43. The zero-order chi connectivity index (χ0) is 14.1. The smallest absolute Gasteiger partial charge is 0.296 e. The number of benzene rings is 1. The molecule has 0 spiro atoms. The van der Waals surface area contributed by atoms with Crippen LogP contribution < -0.4 is 5.32 Å². The Labute approximate surface area is 119 Å². The fourth-order valence-electron chi connectivity index (χ4n) is 1.85. The largest absolute Gasteiger partial charge is 0.351 e. The van der Waals surface area contributed by atoms with E-state index < -0.39 is 0 Å². The molecule has 0 aliphatic carbocycles. The molecule has 5 nitrogen and oxygen atoms in total. The van der Waals surface area contributed by atoms with Crippen LogP contribution in [-0.2, 0) is 0 Å². The molecule has 0 unspecified atom stereocenters. The van der Waals surface area contributed by atoms with Gasteiger partial charge in [-0.2, -0.15) is 0 Å². The Morgan fingerprint density at radius 1 is 1.35 bits per heavy atom. The van der Waals surface area contributed by atoms with Gasteiger partial charge in [-0.3, -0.25) is 10.1 Å². The Morgan fingerprint density at radius 3 is 2.90 bits per heavy atom. The second-order valence-corrected chi connectivity index (χ2v) is 5.76. The van der Waals surface area contributed by atoms with Gasteiger partial charge in [0.25, 0.3) is 5.91 Å². The van der Waals surface area contributed by atoms with E-state index in [1.165, 1.54) is 29.2 Å². The van der Waals surface area contributed by atoms with Gasteiger partial charge in [0.1, 0.15) is 0 Å². The van der Waals surface area contributed by atoms with E-state index in [2.05, 4.69) is 41.4 Å². The van der Waals surface area contributed by atoms with Crippen molar-refractivity contribution in [2.75, 3.05) is 5.32 Å². The number of carbonyl (C=O) groups excluding carboxylic acids is 1. The molecule has 3 rings (SSSR count). The molecule has 0 fully saturated rings. The molecule has 2 aromatic heterocycles. The van der Waals surface area contributed by atoms with Gasteiger partial charge < -0.3 is 4.52 Å². The van der Waals surface area contributed by atoms with Crippen LogP contribution in [0, 0.1) is 0 Å². The maximum Gasteiger partial charge on any atom is 0.296 e. The topological polar surface area (TPSA) is 68.0 Å². The Balaban J connectivity index is 1.87. The van der Waals surface area contributed by atoms with Crippen molar-refractivity contribution in [1.29, 1.82) is 0 Å². The van der Waals surface area contributed by atoms with Gasteiger partial charge >= 0.3 is 0 Å². The molecular weight excluding hydrogens is 274 g/mol. The summed E-state index contributed by atoms with van der Waals surface area (Å²) in [7, 11) is 0. The Kier molecular flexibility index (Phi) is 3.23. The highest BCUT2D eigenvalue weighted by Crippen LogP contribution is 2.29. The highest BCUT2D eigenvalue weighted by Gasteiger charge is 2.13. The molecule has 0 bridgehead atoms. The molecule has 0 aliphatic rings. The number of hydrogen-bond acceptors (Lipinski definition) is 5. The molecule has 102 valence electrons. The molecule has 0 atom stereocenters. The maximum atomic E-state index is 11.8. The average molecular weight is 287 g/mol. The van der Waals surface area contributed by atoms with Gasteiger partial charge in [0, 0.05) is 6.07 Å². The van der Waals surface area contributed by atoms with Crippen molar-refractivity contribution in [1.82, 2.24) is 10.1 Å². The fraction of sp³-hybridized carbons (Fsp3) is 0.214. The predicted molar refractivity (Wildman–Crippen MR) is 78.2 cm³/mol. The van der Waals surface area contributed by atoms with Crippen molar-refractivity contribution in [2.45, 2.75) is 19.8 Å². The zero-order valence-electron chi connectivity index (χ0n) is 11.1. The number of aromatic nitrogens is 2. The van der Waals surface area contributed by atoms with Crippen LogP contribution in [0.5, 0.6) is 0 Å². The van der Waals surface area contributed by atoms with Crippen molar-refractivity contribution in [3.05, 3.63) is 41.8 Å². The molecule has 1 N–H and O–H groups in total. The highest BCUT2D eigenvalue weighted by atomic mass is 32.1. The third-order valence-electron chi connectivity index (χ3n) is 2.96. The molecule has 2 heterocycles. The number of hydrogen-bond donors (Lipinski definition) is 1. The van der Waals surface area contributed by atoms with Crippen LogP contribution >= 0.6 is 11.3 Å². The van der Waals surface area contributed by atoms with Crippen LogP contribution in [0.15, 0.2) is 35.0 Å². The monoisotopic (exact) mass is 287 g/mol. The van der Waals surface area contributed by atoms with E-state index in [1.807, 2.05) is 6.07 Å². The number of anilines is 1. The second-order valence-electron chi connectivity index (χ2n) is 4.73. The Hall–Kier alpha value is -2.21. The van der Waals surface area contributed by atoms with E-state index in [1.54, 1.807) is 0 Å². The quantitative estimate of drug-likeness (QED) is 0.798. The summed E-state index contributed by atoms with van der Waals surface area (Å²) in [6.45, 7) is 4.30. The van der Waals surface area contributed by atoms with E-state index in [-0.39, 0.29) is 11.7 Å². The highest BCUT2D eigenvalue weighted by molar-refractivity contribution is 7.22. The number of thiazole rings is 1. The lowest BCUT2D eigenvalue weighted by Gasteiger charge is -2.03. The molecule has 20 heavy (non-hydrogen) atoms. The second kappa shape index (κ2) is 5.05. The number of amides is 1. The van der Waals surface area contributed by atoms with Gasteiger partial charge in [-0.25, -0.2) is 4.98 Å². The van der Waals surface area contributed by atoms with Gasteiger partial charge in [-0.05, 0) is 23.6 Å². The average Bonchev–Trinajstić information content (AvgIpc) is 3.06. The van der Waals surface area contributed by atoms with Crippen LogP contribution in [0.4, 0.5) is 5.13 Å². The van der Waals surface area contributed by atoms with Crippen LogP contribution in [0.25, 0.3) is 10.2 Å². The summed E-state index contributed by atoms with van der Waals surface area (Å²) in [5.41, 5.74) is 2.14. The predicted octanol–water partition coefficient (Wildman–Crippen LogP) is 3.66. The van der Waals surface area contributed by atoms with Crippen LogP contribution in [-0.4, -0.2) is 16.0 Å². The van der Waals surface area contributed by atoms with Crippen molar-refractivity contribution in [3.8, 4) is 0 Å². The van der Waals surface area contributed by atoms with E-state index in [4.69, 9.17) is 4.52 Å². The normalized spacial score (nSPS) is 11.2. The number of carbonyl (C=O) groups is 1. The van der Waals surface area contributed by atoms with E-state index in [0.29, 0.717) is 11.0 Å². The SMILES string of the molecule is CC(C)c1ccc2nc(NC(=O)c3ccno3)sc2c1. The summed E-state index contributed by atoms with van der Waals surface area (Å²) in [4.78, 5) is 16.2. The lowest BCUT2D eigenvalue weighted by Crippen LogP contribution is -2.10. The molecule has 6 heteroatoms. The number of rotatable bonds is 3. The van der Waals surface area contributed by atoms with Crippen molar-refractivity contribution in [2.24, 2.45) is 0 Å². The first kappa shape index (κ1) is 12.8. The first-order valence-corrected chi connectivity index (χ1v) is 7.07. The van der Waals surface area contributed by atoms with Crippen molar-refractivity contribution in [3.63, 3.8) is 0 Å². The zero-order valence-corrected chi connectivity index (χ0v) is 11.9. The van der Waals surface area contributed by atoms with Gasteiger partial charge in [-0.15, -0.1) is 0 Å². The number of nitrogens with zero attached hydrogens (tertiary/aromatic N) is 2. The summed E-state index contributed by atoms with van der Waals surface area (Å²) in [5.74, 6) is 0.298. The first-order chi connectivity index (χ1) is 9.63. The summed E-state index contributed by atoms with van der Waals surface area (Å²) in [5, 5.41) is 6.78. The lowest BCUT2D eigenvalue weighted by atomic mass is 10.0. The maximum absolute atomic E-state index is 11.8. The fourth-order valence-corrected chi connectivity index (χ4v) is 2.75. The molecule has 3 aromatic rings. The van der Waals surface area contributed by atoms with Crippen LogP contribution in [0.3, 0.4) is 0 Å².